The number of hydrogen-bond acceptors (Lipinski definition) is 3. The van der Waals surface area contributed by atoms with Crippen LogP contribution < -0.4 is 5.73 Å². The minimum atomic E-state index is -0.0323. The Balaban J connectivity index is 1.98. The third-order valence-corrected chi connectivity index (χ3v) is 2.97. The van der Waals surface area contributed by atoms with E-state index in [4.69, 9.17) is 10.2 Å². The number of nitrogens with zero attached hydrogens (tertiary/aromatic N) is 1. The van der Waals surface area contributed by atoms with Crippen LogP contribution in [0, 0.1) is 0 Å². The van der Waals surface area contributed by atoms with Crippen molar-refractivity contribution in [2.75, 3.05) is 19.6 Å². The van der Waals surface area contributed by atoms with Crippen molar-refractivity contribution < 1.29 is 9.21 Å². The second kappa shape index (κ2) is 6.75. The van der Waals surface area contributed by atoms with Crippen LogP contribution in [0.3, 0.4) is 0 Å². The Bertz CT molecular complexity index is 494. The quantitative estimate of drug-likeness (QED) is 0.861. The van der Waals surface area contributed by atoms with Gasteiger partial charge in [0.05, 0.1) is 11.8 Å². The summed E-state index contributed by atoms with van der Waals surface area (Å²) < 4.78 is 4.95. The van der Waals surface area contributed by atoms with Gasteiger partial charge in [-0.1, -0.05) is 30.3 Å². The van der Waals surface area contributed by atoms with Crippen LogP contribution in [0.2, 0.25) is 0 Å². The molecular weight excluding hydrogens is 240 g/mol. The molecule has 1 amide bonds. The highest BCUT2D eigenvalue weighted by atomic mass is 16.3. The van der Waals surface area contributed by atoms with Gasteiger partial charge in [0, 0.05) is 19.6 Å². The third-order valence-electron chi connectivity index (χ3n) is 2.97. The van der Waals surface area contributed by atoms with Crippen molar-refractivity contribution in [1.82, 2.24) is 4.90 Å². The molecule has 2 rings (SSSR count). The fraction of sp³-hybridized carbons (Fsp3) is 0.267. The summed E-state index contributed by atoms with van der Waals surface area (Å²) in [4.78, 5) is 14.0. The summed E-state index contributed by atoms with van der Waals surface area (Å²) in [6, 6.07) is 11.8. The first kappa shape index (κ1) is 13.4. The smallest absolute Gasteiger partial charge is 0.257 e. The van der Waals surface area contributed by atoms with Crippen LogP contribution in [0.4, 0.5) is 0 Å². The van der Waals surface area contributed by atoms with Crippen molar-refractivity contribution in [3.05, 3.63) is 60.1 Å². The lowest BCUT2D eigenvalue weighted by Gasteiger charge is -2.21. The zero-order valence-electron chi connectivity index (χ0n) is 10.8. The molecule has 0 aliphatic rings. The van der Waals surface area contributed by atoms with E-state index in [0.717, 1.165) is 6.42 Å². The van der Waals surface area contributed by atoms with E-state index >= 15 is 0 Å². The van der Waals surface area contributed by atoms with Crippen molar-refractivity contribution in [2.45, 2.75) is 6.42 Å². The first-order valence-corrected chi connectivity index (χ1v) is 6.36. The van der Waals surface area contributed by atoms with Crippen LogP contribution in [-0.2, 0) is 6.42 Å². The largest absolute Gasteiger partial charge is 0.472 e. The Morgan fingerprint density at radius 1 is 1.16 bits per heavy atom. The summed E-state index contributed by atoms with van der Waals surface area (Å²) in [7, 11) is 0. The summed E-state index contributed by atoms with van der Waals surface area (Å²) in [5.41, 5.74) is 7.36. The van der Waals surface area contributed by atoms with E-state index in [0.29, 0.717) is 25.2 Å². The normalized spacial score (nSPS) is 10.4. The van der Waals surface area contributed by atoms with Gasteiger partial charge in [0.2, 0.25) is 0 Å². The Labute approximate surface area is 112 Å². The second-order valence-corrected chi connectivity index (χ2v) is 4.33. The Morgan fingerprint density at radius 2 is 1.95 bits per heavy atom. The Hall–Kier alpha value is -2.07. The maximum absolute atomic E-state index is 12.2. The molecule has 4 heteroatoms. The van der Waals surface area contributed by atoms with E-state index in [2.05, 4.69) is 12.1 Å². The van der Waals surface area contributed by atoms with Gasteiger partial charge in [-0.3, -0.25) is 4.79 Å². The predicted octanol–water partition coefficient (Wildman–Crippen LogP) is 1.92. The van der Waals surface area contributed by atoms with Crippen LogP contribution in [0.1, 0.15) is 15.9 Å². The summed E-state index contributed by atoms with van der Waals surface area (Å²) in [5, 5.41) is 0. The number of hydrogen-bond donors (Lipinski definition) is 1. The topological polar surface area (TPSA) is 59.5 Å². The Morgan fingerprint density at radius 3 is 2.58 bits per heavy atom. The molecule has 0 unspecified atom stereocenters. The molecule has 0 saturated carbocycles. The average molecular weight is 258 g/mol. The molecule has 2 aromatic rings. The number of furan rings is 1. The summed E-state index contributed by atoms with van der Waals surface area (Å²) in [6.07, 6.45) is 3.80. The van der Waals surface area contributed by atoms with Crippen molar-refractivity contribution in [3.63, 3.8) is 0 Å². The van der Waals surface area contributed by atoms with Crippen molar-refractivity contribution in [2.24, 2.45) is 5.73 Å². The lowest BCUT2D eigenvalue weighted by atomic mass is 10.1. The van der Waals surface area contributed by atoms with Gasteiger partial charge >= 0.3 is 0 Å². The zero-order valence-corrected chi connectivity index (χ0v) is 10.8. The monoisotopic (exact) mass is 258 g/mol. The van der Waals surface area contributed by atoms with Crippen LogP contribution >= 0.6 is 0 Å². The molecule has 100 valence electrons. The van der Waals surface area contributed by atoms with Gasteiger partial charge in [-0.15, -0.1) is 0 Å². The minimum absolute atomic E-state index is 0.0323. The van der Waals surface area contributed by atoms with Crippen molar-refractivity contribution in [3.8, 4) is 0 Å². The lowest BCUT2D eigenvalue weighted by molar-refractivity contribution is 0.0761. The molecule has 1 heterocycles. The molecule has 2 N–H and O–H groups in total. The molecule has 0 spiro atoms. The maximum Gasteiger partial charge on any atom is 0.257 e. The fourth-order valence-electron chi connectivity index (χ4n) is 1.95. The van der Waals surface area contributed by atoms with Gasteiger partial charge < -0.3 is 15.1 Å². The molecule has 1 aromatic heterocycles. The van der Waals surface area contributed by atoms with Crippen LogP contribution in [0.25, 0.3) is 0 Å². The molecule has 0 aliphatic heterocycles. The Kier molecular flexibility index (Phi) is 4.75. The number of nitrogens with two attached hydrogens (primary N) is 1. The van der Waals surface area contributed by atoms with E-state index in [1.807, 2.05) is 18.2 Å². The molecule has 0 saturated heterocycles. The highest BCUT2D eigenvalue weighted by molar-refractivity contribution is 5.93. The SMILES string of the molecule is NCCN(CCc1ccccc1)C(=O)c1ccoc1. The number of carbonyl (C=O) groups is 1. The molecule has 0 aliphatic carbocycles. The molecule has 1 aromatic carbocycles. The average Bonchev–Trinajstić information content (AvgIpc) is 2.98. The van der Waals surface area contributed by atoms with E-state index in [1.54, 1.807) is 11.0 Å². The maximum atomic E-state index is 12.2. The molecule has 0 radical (unpaired) electrons. The number of rotatable bonds is 6. The van der Waals surface area contributed by atoms with Gasteiger partial charge in [0.15, 0.2) is 0 Å². The fourth-order valence-corrected chi connectivity index (χ4v) is 1.95. The summed E-state index contributed by atoms with van der Waals surface area (Å²) >= 11 is 0. The van der Waals surface area contributed by atoms with Gasteiger partial charge in [0.1, 0.15) is 6.26 Å². The minimum Gasteiger partial charge on any atom is -0.472 e. The lowest BCUT2D eigenvalue weighted by Crippen LogP contribution is -2.36. The highest BCUT2D eigenvalue weighted by Crippen LogP contribution is 2.07. The molecule has 0 bridgehead atoms. The van der Waals surface area contributed by atoms with Gasteiger partial charge in [-0.05, 0) is 18.1 Å². The van der Waals surface area contributed by atoms with Crippen molar-refractivity contribution >= 4 is 5.91 Å². The summed E-state index contributed by atoms with van der Waals surface area (Å²) in [5.74, 6) is -0.0323. The van der Waals surface area contributed by atoms with E-state index in [9.17, 15) is 4.79 Å². The van der Waals surface area contributed by atoms with E-state index in [1.165, 1.54) is 18.1 Å². The first-order chi connectivity index (χ1) is 9.31. The molecular formula is C15H18N2O2. The third kappa shape index (κ3) is 3.69. The van der Waals surface area contributed by atoms with E-state index in [-0.39, 0.29) is 5.91 Å². The van der Waals surface area contributed by atoms with Gasteiger partial charge in [-0.2, -0.15) is 0 Å². The highest BCUT2D eigenvalue weighted by Gasteiger charge is 2.15. The zero-order chi connectivity index (χ0) is 13.5. The molecule has 0 fully saturated rings. The first-order valence-electron chi connectivity index (χ1n) is 6.36. The van der Waals surface area contributed by atoms with Crippen LogP contribution in [-0.4, -0.2) is 30.4 Å². The van der Waals surface area contributed by atoms with Gasteiger partial charge in [-0.25, -0.2) is 0 Å². The van der Waals surface area contributed by atoms with Crippen LogP contribution in [0.15, 0.2) is 53.3 Å². The van der Waals surface area contributed by atoms with Crippen LogP contribution in [0.5, 0.6) is 0 Å². The molecule has 19 heavy (non-hydrogen) atoms. The molecule has 0 atom stereocenters. The summed E-state index contributed by atoms with van der Waals surface area (Å²) in [6.45, 7) is 1.67. The predicted molar refractivity (Wildman–Crippen MR) is 73.8 cm³/mol. The van der Waals surface area contributed by atoms with Gasteiger partial charge in [0.25, 0.3) is 5.91 Å². The number of benzene rings is 1. The molecule has 4 nitrogen and oxygen atoms in total. The van der Waals surface area contributed by atoms with Crippen molar-refractivity contribution in [1.29, 1.82) is 0 Å². The number of carbonyl (C=O) groups excluding carboxylic acids is 1. The second-order valence-electron chi connectivity index (χ2n) is 4.33. The number of amides is 1. The van der Waals surface area contributed by atoms with E-state index < -0.39 is 0 Å². The standard InChI is InChI=1S/C15H18N2O2/c16-8-10-17(15(18)14-7-11-19-12-14)9-6-13-4-2-1-3-5-13/h1-5,7,11-12H,6,8-10,16H2.